The van der Waals surface area contributed by atoms with Crippen LogP contribution in [0, 0.1) is 5.82 Å². The van der Waals surface area contributed by atoms with Crippen LogP contribution in [-0.4, -0.2) is 49.7 Å². The lowest BCUT2D eigenvalue weighted by Crippen LogP contribution is -2.47. The van der Waals surface area contributed by atoms with E-state index in [2.05, 4.69) is 50.3 Å². The predicted molar refractivity (Wildman–Crippen MR) is 155 cm³/mol. The maximum Gasteiger partial charge on any atom is 0.413 e. The van der Waals surface area contributed by atoms with Crippen LogP contribution in [0.5, 0.6) is 0 Å². The molecule has 2 heterocycles. The number of benzene rings is 2. The highest BCUT2D eigenvalue weighted by Gasteiger charge is 2.47. The molecule has 0 radical (unpaired) electrons. The molecule has 1 saturated heterocycles. The minimum absolute atomic E-state index is 0.0145. The Bertz CT molecular complexity index is 1500. The summed E-state index contributed by atoms with van der Waals surface area (Å²) in [6.07, 6.45) is 11.6. The second kappa shape index (κ2) is 13.7. The quantitative estimate of drug-likeness (QED) is 0.219. The number of nitrogens with zero attached hydrogens (tertiary/aromatic N) is 1. The van der Waals surface area contributed by atoms with Gasteiger partial charge < -0.3 is 10.1 Å². The van der Waals surface area contributed by atoms with Gasteiger partial charge in [0, 0.05) is 31.0 Å². The molecule has 10 nitrogen and oxygen atoms in total. The lowest BCUT2D eigenvalue weighted by Gasteiger charge is -2.47. The van der Waals surface area contributed by atoms with Gasteiger partial charge in [-0.05, 0) is 85.2 Å². The first-order valence-corrected chi connectivity index (χ1v) is 16.4. The fraction of sp³-hybridized carbons (Fsp3) is 0.414. The number of halogens is 1. The summed E-state index contributed by atoms with van der Waals surface area (Å²) in [6.45, 7) is 2.53. The van der Waals surface area contributed by atoms with Crippen LogP contribution in [0.3, 0.4) is 0 Å². The lowest BCUT2D eigenvalue weighted by molar-refractivity contribution is -0.103. The summed E-state index contributed by atoms with van der Waals surface area (Å²) in [5.74, 6) is -0.164. The summed E-state index contributed by atoms with van der Waals surface area (Å²) >= 11 is 0. The zero-order valence-corrected chi connectivity index (χ0v) is 24.6. The average Bonchev–Trinajstić information content (AvgIpc) is 3.37. The summed E-state index contributed by atoms with van der Waals surface area (Å²) in [6, 6.07) is 19.9. The molecule has 3 N–H and O–H groups in total. The maximum atomic E-state index is 13.7. The van der Waals surface area contributed by atoms with Crippen molar-refractivity contribution in [3.63, 3.8) is 0 Å². The number of hydrogen-bond donors (Lipinski definition) is 3. The topological polar surface area (TPSA) is 152 Å². The van der Waals surface area contributed by atoms with E-state index < -0.39 is 20.8 Å². The largest absolute Gasteiger partial charge is 0.413 e. The lowest BCUT2D eigenvalue weighted by atomic mass is 9.66. The molecule has 13 heteroatoms. The van der Waals surface area contributed by atoms with E-state index in [0.717, 1.165) is 51.8 Å². The van der Waals surface area contributed by atoms with Gasteiger partial charge in [0.15, 0.2) is 0 Å². The Morgan fingerprint density at radius 1 is 0.905 bits per heavy atom. The summed E-state index contributed by atoms with van der Waals surface area (Å²) < 4.78 is 75.6. The zero-order valence-electron chi connectivity index (χ0n) is 23.0. The van der Waals surface area contributed by atoms with Crippen LogP contribution < -0.4 is 5.32 Å². The standard InChI is InChI=1S/C29H33FN2O.H2O7S2/c30-26-9-7-25(8-10-26)28(16-20-33-29(22-28)13-3-4-14-29)15-19-32-21-24-5-1-2-6-27(24)23-11-17-31-18-12-23;1-8(2,3)7-9(4,5)6/h1-2,5-12,17-18,32H,3-4,13-16,19-22H2;(H,1,2,3)(H,4,5,6). The van der Waals surface area contributed by atoms with Crippen molar-refractivity contribution in [2.75, 3.05) is 13.2 Å². The second-order valence-electron chi connectivity index (χ2n) is 10.7. The van der Waals surface area contributed by atoms with Gasteiger partial charge in [-0.15, -0.1) is 3.63 Å². The number of rotatable bonds is 9. The van der Waals surface area contributed by atoms with E-state index in [0.29, 0.717) is 0 Å². The van der Waals surface area contributed by atoms with E-state index in [4.69, 9.17) is 13.8 Å². The van der Waals surface area contributed by atoms with Crippen LogP contribution in [0.4, 0.5) is 4.39 Å². The zero-order chi connectivity index (χ0) is 30.3. The van der Waals surface area contributed by atoms with Crippen LogP contribution in [0.1, 0.15) is 56.1 Å². The molecule has 1 aliphatic carbocycles. The molecule has 1 atom stereocenters. The monoisotopic (exact) mass is 622 g/mol. The third-order valence-electron chi connectivity index (χ3n) is 7.90. The van der Waals surface area contributed by atoms with Crippen molar-refractivity contribution in [1.82, 2.24) is 10.3 Å². The second-order valence-corrected chi connectivity index (χ2v) is 13.0. The normalized spacial score (nSPS) is 20.2. The Labute approximate surface area is 246 Å². The van der Waals surface area contributed by atoms with Crippen molar-refractivity contribution < 1.29 is 38.7 Å². The molecule has 3 aromatic rings. The molecular formula is C29H35FN2O8S2. The Kier molecular flexibility index (Phi) is 10.5. The van der Waals surface area contributed by atoms with E-state index in [1.807, 2.05) is 24.5 Å². The summed E-state index contributed by atoms with van der Waals surface area (Å²) in [5, 5.41) is 3.71. The Morgan fingerprint density at radius 2 is 1.55 bits per heavy atom. The van der Waals surface area contributed by atoms with Crippen molar-refractivity contribution in [2.24, 2.45) is 0 Å². The van der Waals surface area contributed by atoms with Crippen molar-refractivity contribution in [3.05, 3.63) is 90.0 Å². The maximum absolute atomic E-state index is 13.7. The molecule has 2 aromatic carbocycles. The van der Waals surface area contributed by atoms with E-state index in [1.54, 1.807) is 12.1 Å². The van der Waals surface area contributed by atoms with Crippen molar-refractivity contribution in [1.29, 1.82) is 0 Å². The van der Waals surface area contributed by atoms with Crippen molar-refractivity contribution in [3.8, 4) is 11.1 Å². The highest BCUT2D eigenvalue weighted by Crippen LogP contribution is 2.50. The minimum Gasteiger partial charge on any atom is -0.375 e. The van der Waals surface area contributed by atoms with Gasteiger partial charge in [0.05, 0.1) is 5.60 Å². The van der Waals surface area contributed by atoms with Gasteiger partial charge in [-0.3, -0.25) is 14.1 Å². The van der Waals surface area contributed by atoms with Gasteiger partial charge in [0.1, 0.15) is 5.82 Å². The summed E-state index contributed by atoms with van der Waals surface area (Å²) in [4.78, 5) is 4.15. The van der Waals surface area contributed by atoms with Crippen LogP contribution in [0.25, 0.3) is 11.1 Å². The molecule has 5 rings (SSSR count). The predicted octanol–water partition coefficient (Wildman–Crippen LogP) is 5.04. The molecular weight excluding hydrogens is 587 g/mol. The highest BCUT2D eigenvalue weighted by atomic mass is 32.3. The van der Waals surface area contributed by atoms with Gasteiger partial charge in [-0.25, -0.2) is 4.39 Å². The molecule has 1 aromatic heterocycles. The van der Waals surface area contributed by atoms with Crippen molar-refractivity contribution in [2.45, 2.75) is 62.5 Å². The molecule has 42 heavy (non-hydrogen) atoms. The Morgan fingerprint density at radius 3 is 2.17 bits per heavy atom. The number of aromatic nitrogens is 1. The average molecular weight is 623 g/mol. The molecule has 2 aliphatic rings. The number of ether oxygens (including phenoxy) is 1. The first kappa shape index (κ1) is 32.1. The van der Waals surface area contributed by atoms with E-state index >= 15 is 0 Å². The SMILES string of the molecule is Fc1ccc(C2(CCNCc3ccccc3-c3ccncc3)CCOC3(CCCC3)C2)cc1.O=S(=O)(O)OS(=O)(=O)O. The van der Waals surface area contributed by atoms with Gasteiger partial charge in [0.2, 0.25) is 0 Å². The molecule has 1 aliphatic heterocycles. The molecule has 228 valence electrons. The van der Waals surface area contributed by atoms with Crippen LogP contribution >= 0.6 is 0 Å². The first-order chi connectivity index (χ1) is 19.9. The van der Waals surface area contributed by atoms with Crippen molar-refractivity contribution >= 4 is 20.8 Å². The van der Waals surface area contributed by atoms with Gasteiger partial charge in [-0.1, -0.05) is 49.2 Å². The molecule has 1 spiro atoms. The van der Waals surface area contributed by atoms with Gasteiger partial charge in [0.25, 0.3) is 0 Å². The van der Waals surface area contributed by atoms with Crippen LogP contribution in [-0.2, 0) is 41.1 Å². The van der Waals surface area contributed by atoms with Gasteiger partial charge in [-0.2, -0.15) is 16.8 Å². The number of hydrogen-bond acceptors (Lipinski definition) is 8. The summed E-state index contributed by atoms with van der Waals surface area (Å²) in [7, 11) is -10.2. The third-order valence-corrected chi connectivity index (χ3v) is 9.27. The number of nitrogens with one attached hydrogen (secondary N) is 1. The minimum atomic E-state index is -5.12. The molecule has 0 amide bonds. The van der Waals surface area contributed by atoms with Crippen LogP contribution in [0.15, 0.2) is 73.1 Å². The first-order valence-electron chi connectivity index (χ1n) is 13.6. The number of pyridine rings is 1. The molecule has 1 unspecified atom stereocenters. The van der Waals surface area contributed by atoms with Crippen LogP contribution in [0.2, 0.25) is 0 Å². The van der Waals surface area contributed by atoms with E-state index in [1.165, 1.54) is 35.1 Å². The molecule has 0 bridgehead atoms. The highest BCUT2D eigenvalue weighted by molar-refractivity contribution is 7.94. The molecule has 2 fully saturated rings. The third kappa shape index (κ3) is 9.11. The summed E-state index contributed by atoms with van der Waals surface area (Å²) in [5.41, 5.74) is 5.04. The molecule has 1 saturated carbocycles. The van der Waals surface area contributed by atoms with E-state index in [9.17, 15) is 21.2 Å². The Balaban J connectivity index is 0.000000392. The Hall–Kier alpha value is -2.78. The van der Waals surface area contributed by atoms with Gasteiger partial charge >= 0.3 is 20.8 Å². The smallest absolute Gasteiger partial charge is 0.375 e. The van der Waals surface area contributed by atoms with E-state index in [-0.39, 0.29) is 16.8 Å². The fourth-order valence-electron chi connectivity index (χ4n) is 6.11. The fourth-order valence-corrected chi connectivity index (χ4v) is 6.98.